The van der Waals surface area contributed by atoms with Gasteiger partial charge in [-0.3, -0.25) is 14.4 Å². The van der Waals surface area contributed by atoms with E-state index >= 15 is 0 Å². The number of aromatic hydroxyl groups is 2. The van der Waals surface area contributed by atoms with Crippen LogP contribution in [0.3, 0.4) is 0 Å². The first kappa shape index (κ1) is 27.5. The molecule has 0 radical (unpaired) electrons. The lowest BCUT2D eigenvalue weighted by molar-refractivity contribution is -0.116. The summed E-state index contributed by atoms with van der Waals surface area (Å²) in [6.07, 6.45) is -1.21. The molecule has 1 heterocycles. The average Bonchev–Trinajstić information content (AvgIpc) is 3.23. The molecule has 8 nitrogen and oxygen atoms in total. The Kier molecular flexibility index (Phi) is 8.63. The molecule has 2 aromatic rings. The number of aliphatic hydroxyl groups excluding tert-OH is 1. The summed E-state index contributed by atoms with van der Waals surface area (Å²) in [5, 5.41) is 40.2. The summed E-state index contributed by atoms with van der Waals surface area (Å²) < 4.78 is 0. The van der Waals surface area contributed by atoms with Crippen molar-refractivity contribution in [1.29, 1.82) is 0 Å². The summed E-state index contributed by atoms with van der Waals surface area (Å²) in [5.41, 5.74) is -2.15. The Morgan fingerprint density at radius 2 is 1.65 bits per heavy atom. The van der Waals surface area contributed by atoms with E-state index in [4.69, 9.17) is 0 Å². The van der Waals surface area contributed by atoms with Crippen LogP contribution in [0.5, 0.6) is 11.5 Å². The fraction of sp³-hybridized carbons (Fsp3) is 0.480. The first-order valence-electron chi connectivity index (χ1n) is 11.0. The lowest BCUT2D eigenvalue weighted by atomic mass is 9.78. The van der Waals surface area contributed by atoms with Crippen LogP contribution < -0.4 is 10.6 Å². The molecule has 1 atom stereocenters. The van der Waals surface area contributed by atoms with Crippen molar-refractivity contribution in [2.45, 2.75) is 54.1 Å². The van der Waals surface area contributed by atoms with Crippen LogP contribution in [-0.4, -0.2) is 45.9 Å². The second-order valence-corrected chi connectivity index (χ2v) is 11.2. The van der Waals surface area contributed by atoms with Gasteiger partial charge in [0.2, 0.25) is 5.91 Å². The third-order valence-corrected chi connectivity index (χ3v) is 5.92. The summed E-state index contributed by atoms with van der Waals surface area (Å²) >= 11 is 1.41. The molecule has 1 unspecified atom stereocenters. The number of hydrogen-bond donors (Lipinski definition) is 5. The number of Topliss-reactive ketones (excluding diaryl/α,β-unsaturated/α-hetero) is 2. The van der Waals surface area contributed by atoms with Crippen molar-refractivity contribution in [2.24, 2.45) is 10.8 Å². The van der Waals surface area contributed by atoms with Crippen molar-refractivity contribution in [3.05, 3.63) is 40.3 Å². The normalized spacial score (nSPS) is 12.9. The Balaban J connectivity index is 2.32. The summed E-state index contributed by atoms with van der Waals surface area (Å²) in [4.78, 5) is 38.4. The minimum absolute atomic E-state index is 0.0276. The van der Waals surface area contributed by atoms with Gasteiger partial charge in [0.1, 0.15) is 0 Å². The Morgan fingerprint density at radius 3 is 2.18 bits per heavy atom. The van der Waals surface area contributed by atoms with Gasteiger partial charge in [-0.05, 0) is 23.6 Å². The largest absolute Gasteiger partial charge is 0.504 e. The van der Waals surface area contributed by atoms with Gasteiger partial charge in [0, 0.05) is 41.5 Å². The van der Waals surface area contributed by atoms with Gasteiger partial charge < -0.3 is 26.0 Å². The number of phenols is 2. The van der Waals surface area contributed by atoms with Crippen LogP contribution in [0.25, 0.3) is 0 Å². The van der Waals surface area contributed by atoms with Crippen LogP contribution in [0.2, 0.25) is 0 Å². The maximum atomic E-state index is 13.2. The minimum Gasteiger partial charge on any atom is -0.504 e. The number of amides is 1. The molecule has 1 aromatic carbocycles. The first-order chi connectivity index (χ1) is 15.6. The van der Waals surface area contributed by atoms with Crippen molar-refractivity contribution < 1.29 is 29.7 Å². The predicted molar refractivity (Wildman–Crippen MR) is 133 cm³/mol. The first-order valence-corrected chi connectivity index (χ1v) is 11.9. The lowest BCUT2D eigenvalue weighted by Crippen LogP contribution is -2.31. The molecule has 0 aliphatic rings. The number of nitrogens with one attached hydrogen (secondary N) is 2. The highest BCUT2D eigenvalue weighted by Crippen LogP contribution is 2.42. The van der Waals surface area contributed by atoms with E-state index in [1.807, 2.05) is 11.4 Å². The fourth-order valence-electron chi connectivity index (χ4n) is 3.31. The van der Waals surface area contributed by atoms with Crippen LogP contribution in [0.15, 0.2) is 23.6 Å². The summed E-state index contributed by atoms with van der Waals surface area (Å²) in [6.45, 7) is 10.1. The number of aliphatic hydroxyl groups is 1. The highest BCUT2D eigenvalue weighted by Gasteiger charge is 2.36. The van der Waals surface area contributed by atoms with Crippen LogP contribution >= 0.6 is 11.3 Å². The summed E-state index contributed by atoms with van der Waals surface area (Å²) in [5.74, 6) is -2.38. The molecule has 1 amide bonds. The number of anilines is 1. The Bertz CT molecular complexity index is 1050. The van der Waals surface area contributed by atoms with Crippen molar-refractivity contribution in [3.8, 4) is 11.5 Å². The molecule has 0 aliphatic heterocycles. The van der Waals surface area contributed by atoms with Gasteiger partial charge in [-0.15, -0.1) is 11.3 Å². The van der Waals surface area contributed by atoms with Crippen molar-refractivity contribution >= 4 is 33.8 Å². The van der Waals surface area contributed by atoms with Gasteiger partial charge in [0.25, 0.3) is 0 Å². The van der Waals surface area contributed by atoms with E-state index in [1.54, 1.807) is 47.6 Å². The van der Waals surface area contributed by atoms with Crippen LogP contribution in [0.1, 0.15) is 80.3 Å². The van der Waals surface area contributed by atoms with E-state index in [2.05, 4.69) is 10.6 Å². The third-order valence-electron chi connectivity index (χ3n) is 5.14. The zero-order valence-electron chi connectivity index (χ0n) is 20.5. The average molecular weight is 491 g/mol. The molecule has 2 rings (SSSR count). The summed E-state index contributed by atoms with van der Waals surface area (Å²) in [6, 6.07) is 4.71. The molecule has 9 heteroatoms. The molecule has 0 aliphatic carbocycles. The number of ketones is 2. The highest BCUT2D eigenvalue weighted by molar-refractivity contribution is 7.14. The van der Waals surface area contributed by atoms with Gasteiger partial charge in [-0.25, -0.2) is 0 Å². The second-order valence-electron chi connectivity index (χ2n) is 10.2. The van der Waals surface area contributed by atoms with E-state index in [0.717, 1.165) is 11.1 Å². The number of benzene rings is 1. The Morgan fingerprint density at radius 1 is 1.03 bits per heavy atom. The Labute approximate surface area is 204 Å². The number of phenolic OH excluding ortho intramolecular Hbond substituents is 2. The molecule has 0 spiro atoms. The molecular weight excluding hydrogens is 456 g/mol. The number of thiophene rings is 1. The van der Waals surface area contributed by atoms with E-state index in [0.29, 0.717) is 0 Å². The molecule has 0 saturated carbocycles. The van der Waals surface area contributed by atoms with Crippen molar-refractivity contribution in [1.82, 2.24) is 5.32 Å². The van der Waals surface area contributed by atoms with Crippen LogP contribution in [-0.2, 0) is 4.79 Å². The van der Waals surface area contributed by atoms with E-state index in [9.17, 15) is 29.7 Å². The maximum absolute atomic E-state index is 13.2. The molecular formula is C25H34N2O6S. The number of rotatable bonds is 9. The molecule has 1 aromatic heterocycles. The van der Waals surface area contributed by atoms with Crippen LogP contribution in [0.4, 0.5) is 5.00 Å². The minimum atomic E-state index is -1.35. The topological polar surface area (TPSA) is 136 Å². The molecule has 34 heavy (non-hydrogen) atoms. The quantitative estimate of drug-likeness (QED) is 0.201. The molecule has 0 bridgehead atoms. The van der Waals surface area contributed by atoms with E-state index < -0.39 is 40.0 Å². The molecule has 0 fully saturated rings. The summed E-state index contributed by atoms with van der Waals surface area (Å²) in [7, 11) is 0. The van der Waals surface area contributed by atoms with Gasteiger partial charge in [0.05, 0.1) is 16.7 Å². The van der Waals surface area contributed by atoms with Crippen LogP contribution in [0, 0.1) is 10.8 Å². The second kappa shape index (κ2) is 10.7. The number of hydrogen-bond acceptors (Lipinski definition) is 8. The highest BCUT2D eigenvalue weighted by atomic mass is 32.1. The van der Waals surface area contributed by atoms with Gasteiger partial charge in [-0.2, -0.15) is 0 Å². The fourth-order valence-corrected chi connectivity index (χ4v) is 3.94. The monoisotopic (exact) mass is 490 g/mol. The number of carbonyl (C=O) groups excluding carboxylic acids is 3. The molecule has 5 N–H and O–H groups in total. The van der Waals surface area contributed by atoms with E-state index in [-0.39, 0.29) is 42.1 Å². The SMILES string of the molecule is CC(C)(C)C(=O)c1cc(O)c(O)c(C(=O)C(C)(C)C)c1C(O)CNCCC(=O)Nc1cccs1. The zero-order valence-corrected chi connectivity index (χ0v) is 21.3. The lowest BCUT2D eigenvalue weighted by Gasteiger charge is -2.27. The van der Waals surface area contributed by atoms with Gasteiger partial charge in [-0.1, -0.05) is 41.5 Å². The standard InChI is InChI=1S/C25H34N2O6S/c1-24(2,3)22(32)14-12-15(28)21(31)20(23(33)25(4,5)6)19(14)16(29)13-26-10-9-17(30)27-18-8-7-11-34-18/h7-8,11-12,16,26,28-29,31H,9-10,13H2,1-6H3,(H,27,30). The predicted octanol–water partition coefficient (Wildman–Crippen LogP) is 4.27. The number of carbonyl (C=O) groups is 3. The molecule has 0 saturated heterocycles. The molecule has 186 valence electrons. The van der Waals surface area contributed by atoms with Crippen molar-refractivity contribution in [2.75, 3.05) is 18.4 Å². The smallest absolute Gasteiger partial charge is 0.226 e. The Hall–Kier alpha value is -2.75. The van der Waals surface area contributed by atoms with Gasteiger partial charge >= 0.3 is 0 Å². The maximum Gasteiger partial charge on any atom is 0.226 e. The van der Waals surface area contributed by atoms with E-state index in [1.165, 1.54) is 11.3 Å². The zero-order chi connectivity index (χ0) is 25.8. The van der Waals surface area contributed by atoms with Gasteiger partial charge in [0.15, 0.2) is 23.1 Å². The van der Waals surface area contributed by atoms with Crippen molar-refractivity contribution in [3.63, 3.8) is 0 Å². The third kappa shape index (κ3) is 6.65.